The van der Waals surface area contributed by atoms with Crippen LogP contribution in [-0.4, -0.2) is 36.4 Å². The van der Waals surface area contributed by atoms with Gasteiger partial charge in [0.05, 0.1) is 13.7 Å². The first kappa shape index (κ1) is 15.7. The van der Waals surface area contributed by atoms with E-state index in [1.807, 2.05) is 24.3 Å². The quantitative estimate of drug-likeness (QED) is 0.844. The molecule has 0 bridgehead atoms. The minimum Gasteiger partial charge on any atom is -0.472 e. The van der Waals surface area contributed by atoms with Gasteiger partial charge in [0.1, 0.15) is 5.01 Å². The first-order chi connectivity index (χ1) is 11.2. The fourth-order valence-corrected chi connectivity index (χ4v) is 3.01. The van der Waals surface area contributed by atoms with E-state index in [2.05, 4.69) is 27.8 Å². The molecule has 1 aliphatic rings. The van der Waals surface area contributed by atoms with Gasteiger partial charge in [-0.1, -0.05) is 23.5 Å². The number of ether oxygens (including phenoxy) is 1. The number of hydrogen-bond acceptors (Lipinski definition) is 6. The van der Waals surface area contributed by atoms with E-state index in [-0.39, 0.29) is 12.1 Å². The van der Waals surface area contributed by atoms with Crippen molar-refractivity contribution in [1.82, 2.24) is 20.8 Å². The summed E-state index contributed by atoms with van der Waals surface area (Å²) in [5.74, 6) is 0. The molecule has 1 fully saturated rings. The van der Waals surface area contributed by atoms with Crippen molar-refractivity contribution in [2.75, 3.05) is 25.1 Å². The van der Waals surface area contributed by atoms with E-state index >= 15 is 0 Å². The third kappa shape index (κ3) is 3.59. The van der Waals surface area contributed by atoms with Crippen LogP contribution in [0.2, 0.25) is 0 Å². The molecule has 0 spiro atoms. The molecule has 2 amide bonds. The van der Waals surface area contributed by atoms with E-state index in [4.69, 9.17) is 4.74 Å². The molecule has 23 heavy (non-hydrogen) atoms. The van der Waals surface area contributed by atoms with Gasteiger partial charge in [0.25, 0.3) is 5.19 Å². The Bertz CT molecular complexity index is 673. The summed E-state index contributed by atoms with van der Waals surface area (Å²) in [7, 11) is 1.59. The fourth-order valence-electron chi connectivity index (χ4n) is 2.41. The van der Waals surface area contributed by atoms with E-state index < -0.39 is 0 Å². The zero-order chi connectivity index (χ0) is 16.2. The van der Waals surface area contributed by atoms with Crippen LogP contribution in [-0.2, 0) is 6.54 Å². The molecule has 1 aromatic heterocycles. The van der Waals surface area contributed by atoms with Crippen molar-refractivity contribution in [3.05, 3.63) is 34.8 Å². The Kier molecular flexibility index (Phi) is 4.73. The molecule has 8 heteroatoms. The van der Waals surface area contributed by atoms with Gasteiger partial charge in [0.2, 0.25) is 0 Å². The topological polar surface area (TPSA) is 79.4 Å². The maximum absolute atomic E-state index is 11.7. The monoisotopic (exact) mass is 333 g/mol. The Morgan fingerprint density at radius 2 is 2.17 bits per heavy atom. The van der Waals surface area contributed by atoms with Crippen LogP contribution in [0.1, 0.15) is 23.5 Å². The second-order valence-corrected chi connectivity index (χ2v) is 6.27. The number of hydrogen-bond donors (Lipinski definition) is 2. The van der Waals surface area contributed by atoms with Gasteiger partial charge in [0.15, 0.2) is 0 Å². The van der Waals surface area contributed by atoms with Gasteiger partial charge in [-0.25, -0.2) is 4.79 Å². The molecule has 7 nitrogen and oxygen atoms in total. The molecule has 2 N–H and O–H groups in total. The predicted octanol–water partition coefficient (Wildman–Crippen LogP) is 1.93. The normalized spacial score (nSPS) is 15.6. The number of urea groups is 1. The van der Waals surface area contributed by atoms with Crippen LogP contribution in [0.25, 0.3) is 0 Å². The summed E-state index contributed by atoms with van der Waals surface area (Å²) in [6.07, 6.45) is 0. The molecule has 122 valence electrons. The maximum atomic E-state index is 11.7. The molecule has 0 aliphatic carbocycles. The molecular weight excluding hydrogens is 314 g/mol. The van der Waals surface area contributed by atoms with Crippen LogP contribution in [0.3, 0.4) is 0 Å². The molecule has 1 unspecified atom stereocenters. The maximum Gasteiger partial charge on any atom is 0.321 e. The zero-order valence-electron chi connectivity index (χ0n) is 13.1. The number of benzene rings is 1. The first-order valence-corrected chi connectivity index (χ1v) is 8.24. The van der Waals surface area contributed by atoms with Crippen molar-refractivity contribution in [3.8, 4) is 5.19 Å². The van der Waals surface area contributed by atoms with Crippen LogP contribution in [0, 0.1) is 0 Å². The van der Waals surface area contributed by atoms with E-state index in [0.29, 0.717) is 24.8 Å². The van der Waals surface area contributed by atoms with Crippen molar-refractivity contribution < 1.29 is 9.53 Å². The first-order valence-electron chi connectivity index (χ1n) is 7.42. The Morgan fingerprint density at radius 3 is 2.78 bits per heavy atom. The highest BCUT2D eigenvalue weighted by atomic mass is 32.1. The number of nitrogens with zero attached hydrogens (tertiary/aromatic N) is 3. The summed E-state index contributed by atoms with van der Waals surface area (Å²) in [6.45, 7) is 4.14. The molecule has 1 aromatic carbocycles. The average molecular weight is 333 g/mol. The lowest BCUT2D eigenvalue weighted by Crippen LogP contribution is -2.27. The lowest BCUT2D eigenvalue weighted by Gasteiger charge is -2.17. The standard InChI is InChI=1S/C15H19N5O2S/c1-10(17-9-13-18-19-15(22-2)23-13)11-3-5-12(6-4-11)20-8-7-16-14(20)21/h3-6,10,17H,7-9H2,1-2H3,(H,16,21). The number of rotatable bonds is 6. The van der Waals surface area contributed by atoms with E-state index in [1.54, 1.807) is 12.0 Å². The zero-order valence-corrected chi connectivity index (χ0v) is 13.9. The van der Waals surface area contributed by atoms with Gasteiger partial charge in [-0.3, -0.25) is 4.90 Å². The van der Waals surface area contributed by atoms with Crippen LogP contribution < -0.4 is 20.3 Å². The Morgan fingerprint density at radius 1 is 1.39 bits per heavy atom. The minimum absolute atomic E-state index is 0.0332. The highest BCUT2D eigenvalue weighted by Gasteiger charge is 2.21. The molecule has 0 saturated carbocycles. The highest BCUT2D eigenvalue weighted by molar-refractivity contribution is 7.13. The molecule has 1 aliphatic heterocycles. The molecule has 2 heterocycles. The van der Waals surface area contributed by atoms with Crippen molar-refractivity contribution in [1.29, 1.82) is 0 Å². The van der Waals surface area contributed by atoms with Crippen LogP contribution >= 0.6 is 11.3 Å². The van der Waals surface area contributed by atoms with Crippen molar-refractivity contribution in [3.63, 3.8) is 0 Å². The van der Waals surface area contributed by atoms with Gasteiger partial charge >= 0.3 is 6.03 Å². The number of methoxy groups -OCH3 is 1. The summed E-state index contributed by atoms with van der Waals surface area (Å²) >= 11 is 1.43. The predicted molar refractivity (Wildman–Crippen MR) is 88.9 cm³/mol. The summed E-state index contributed by atoms with van der Waals surface area (Å²) in [4.78, 5) is 13.4. The van der Waals surface area contributed by atoms with Crippen molar-refractivity contribution >= 4 is 23.1 Å². The van der Waals surface area contributed by atoms with Crippen molar-refractivity contribution in [2.24, 2.45) is 0 Å². The van der Waals surface area contributed by atoms with Gasteiger partial charge < -0.3 is 15.4 Å². The molecule has 1 atom stereocenters. The molecule has 3 rings (SSSR count). The number of carbonyl (C=O) groups is 1. The average Bonchev–Trinajstić information content (AvgIpc) is 3.21. The van der Waals surface area contributed by atoms with Gasteiger partial charge in [-0.05, 0) is 24.6 Å². The number of carbonyl (C=O) groups excluding carboxylic acids is 1. The Balaban J connectivity index is 1.58. The van der Waals surface area contributed by atoms with Crippen LogP contribution in [0.4, 0.5) is 10.5 Å². The number of amides is 2. The number of nitrogens with one attached hydrogen (secondary N) is 2. The summed E-state index contributed by atoms with van der Waals surface area (Å²) in [6, 6.07) is 8.18. The minimum atomic E-state index is -0.0332. The molecule has 0 radical (unpaired) electrons. The summed E-state index contributed by atoms with van der Waals surface area (Å²) in [5, 5.41) is 15.6. The second-order valence-electron chi connectivity index (χ2n) is 5.24. The SMILES string of the molecule is COc1nnc(CNC(C)c2ccc(N3CCNC3=O)cc2)s1. The van der Waals surface area contributed by atoms with Crippen molar-refractivity contribution in [2.45, 2.75) is 19.5 Å². The van der Waals surface area contributed by atoms with Gasteiger partial charge in [-0.2, -0.15) is 0 Å². The van der Waals surface area contributed by atoms with Gasteiger partial charge in [0, 0.05) is 24.8 Å². The fraction of sp³-hybridized carbons (Fsp3) is 0.400. The Labute approximate surface area is 138 Å². The lowest BCUT2D eigenvalue weighted by molar-refractivity contribution is 0.252. The van der Waals surface area contributed by atoms with Crippen LogP contribution in [0.5, 0.6) is 5.19 Å². The molecule has 1 saturated heterocycles. The largest absolute Gasteiger partial charge is 0.472 e. The summed E-state index contributed by atoms with van der Waals surface area (Å²) in [5.41, 5.74) is 2.08. The molecular formula is C15H19N5O2S. The van der Waals surface area contributed by atoms with Crippen LogP contribution in [0.15, 0.2) is 24.3 Å². The number of aromatic nitrogens is 2. The number of anilines is 1. The third-order valence-corrected chi connectivity index (χ3v) is 4.63. The van der Waals surface area contributed by atoms with E-state index in [1.165, 1.54) is 11.3 Å². The summed E-state index contributed by atoms with van der Waals surface area (Å²) < 4.78 is 5.04. The molecule has 2 aromatic rings. The van der Waals surface area contributed by atoms with E-state index in [9.17, 15) is 4.79 Å². The van der Waals surface area contributed by atoms with Gasteiger partial charge in [-0.15, -0.1) is 10.2 Å². The lowest BCUT2D eigenvalue weighted by atomic mass is 10.1. The van der Waals surface area contributed by atoms with E-state index in [0.717, 1.165) is 16.3 Å². The third-order valence-electron chi connectivity index (χ3n) is 3.74. The smallest absolute Gasteiger partial charge is 0.321 e. The second kappa shape index (κ2) is 6.93. The Hall–Kier alpha value is -2.19. The highest BCUT2D eigenvalue weighted by Crippen LogP contribution is 2.22.